The SMILES string of the molecule is C=Cc1c(CC)sc2cc(C)c#cc12. The molecule has 0 aliphatic carbocycles. The van der Waals surface area contributed by atoms with Crippen molar-refractivity contribution in [2.75, 3.05) is 0 Å². The third kappa shape index (κ3) is 1.32. The van der Waals surface area contributed by atoms with E-state index in [9.17, 15) is 0 Å². The fraction of sp³-hybridized carbons (Fsp3) is 0.231. The summed E-state index contributed by atoms with van der Waals surface area (Å²) in [5, 5.41) is 1.17. The maximum Gasteiger partial charge on any atom is 0.0504 e. The number of hydrogen-bond acceptors (Lipinski definition) is 1. The molecule has 0 bridgehead atoms. The lowest BCUT2D eigenvalue weighted by Gasteiger charge is -1.91. The quantitative estimate of drug-likeness (QED) is 0.687. The summed E-state index contributed by atoms with van der Waals surface area (Å²) in [6.45, 7) is 8.08. The molecule has 1 aromatic carbocycles. The normalized spacial score (nSPS) is 10.1. The molecule has 0 radical (unpaired) electrons. The Balaban J connectivity index is 2.79. The van der Waals surface area contributed by atoms with Gasteiger partial charge in [0.25, 0.3) is 0 Å². The summed E-state index contributed by atoms with van der Waals surface area (Å²) in [5.41, 5.74) is 2.39. The summed E-state index contributed by atoms with van der Waals surface area (Å²) in [7, 11) is 0. The van der Waals surface area contributed by atoms with Crippen LogP contribution in [-0.2, 0) is 6.42 Å². The minimum atomic E-state index is 1.06. The molecule has 0 saturated heterocycles. The van der Waals surface area contributed by atoms with Crippen LogP contribution in [0, 0.1) is 19.1 Å². The van der Waals surface area contributed by atoms with E-state index >= 15 is 0 Å². The smallest absolute Gasteiger partial charge is 0.0504 e. The van der Waals surface area contributed by atoms with Crippen molar-refractivity contribution in [2.45, 2.75) is 20.3 Å². The molecule has 0 aliphatic rings. The van der Waals surface area contributed by atoms with Gasteiger partial charge in [-0.2, -0.15) is 0 Å². The molecule has 0 amide bonds. The monoisotopic (exact) mass is 200 g/mol. The van der Waals surface area contributed by atoms with E-state index in [1.807, 2.05) is 17.4 Å². The Labute approximate surface area is 88.9 Å². The van der Waals surface area contributed by atoms with Gasteiger partial charge in [0.05, 0.1) is 5.39 Å². The van der Waals surface area contributed by atoms with Gasteiger partial charge >= 0.3 is 0 Å². The highest BCUT2D eigenvalue weighted by Gasteiger charge is 2.07. The van der Waals surface area contributed by atoms with E-state index in [0.717, 1.165) is 12.0 Å². The van der Waals surface area contributed by atoms with Crippen LogP contribution >= 0.6 is 11.3 Å². The van der Waals surface area contributed by atoms with Crippen LogP contribution in [0.25, 0.3) is 16.2 Å². The third-order valence-corrected chi connectivity index (χ3v) is 3.60. The number of thiophene rings is 1. The van der Waals surface area contributed by atoms with Crippen LogP contribution < -0.4 is 0 Å². The van der Waals surface area contributed by atoms with Crippen LogP contribution in [-0.4, -0.2) is 0 Å². The summed E-state index contributed by atoms with van der Waals surface area (Å²) >= 11 is 1.84. The molecule has 2 rings (SSSR count). The molecule has 0 N–H and O–H groups in total. The molecule has 1 aromatic heterocycles. The topological polar surface area (TPSA) is 0 Å². The zero-order chi connectivity index (χ0) is 10.1. The van der Waals surface area contributed by atoms with Gasteiger partial charge in [-0.05, 0) is 19.4 Å². The molecular formula is C13H12S. The van der Waals surface area contributed by atoms with Gasteiger partial charge in [0, 0.05) is 20.7 Å². The second-order valence-electron chi connectivity index (χ2n) is 3.31. The first-order valence-corrected chi connectivity index (χ1v) is 5.56. The van der Waals surface area contributed by atoms with E-state index < -0.39 is 0 Å². The second kappa shape index (κ2) is 3.48. The maximum absolute atomic E-state index is 3.86. The van der Waals surface area contributed by atoms with Crippen molar-refractivity contribution in [3.8, 4) is 0 Å². The predicted octanol–water partition coefficient (Wildman–Crippen LogP) is 4.02. The van der Waals surface area contributed by atoms with Crippen molar-refractivity contribution >= 4 is 27.5 Å². The molecule has 14 heavy (non-hydrogen) atoms. The van der Waals surface area contributed by atoms with Crippen molar-refractivity contribution in [3.05, 3.63) is 40.8 Å². The summed E-state index contributed by atoms with van der Waals surface area (Å²) in [4.78, 5) is 1.39. The maximum atomic E-state index is 3.86. The molecule has 0 atom stereocenters. The van der Waals surface area contributed by atoms with Gasteiger partial charge in [0.1, 0.15) is 0 Å². The van der Waals surface area contributed by atoms with Crippen molar-refractivity contribution in [3.63, 3.8) is 0 Å². The first kappa shape index (κ1) is 9.30. The van der Waals surface area contributed by atoms with Gasteiger partial charge in [-0.25, -0.2) is 0 Å². The molecule has 70 valence electrons. The number of rotatable bonds is 2. The summed E-state index contributed by atoms with van der Waals surface area (Å²) in [6.07, 6.45) is 2.99. The molecule has 0 spiro atoms. The summed E-state index contributed by atoms with van der Waals surface area (Å²) in [5.74, 6) is 0. The lowest BCUT2D eigenvalue weighted by Crippen LogP contribution is -1.75. The Morgan fingerprint density at radius 1 is 1.50 bits per heavy atom. The molecule has 2 aromatic rings. The van der Waals surface area contributed by atoms with Crippen LogP contribution in [0.3, 0.4) is 0 Å². The van der Waals surface area contributed by atoms with E-state index in [2.05, 4.69) is 38.6 Å². The molecule has 0 aliphatic heterocycles. The highest BCUT2D eigenvalue weighted by molar-refractivity contribution is 7.19. The molecule has 0 fully saturated rings. The second-order valence-corrected chi connectivity index (χ2v) is 4.45. The molecule has 0 saturated carbocycles. The molecular weight excluding hydrogens is 188 g/mol. The first-order valence-electron chi connectivity index (χ1n) is 4.74. The number of hydrogen-bond donors (Lipinski definition) is 0. The standard InChI is InChI=1S/C13H12S/c1-4-10-11-7-6-9(3)8-13(11)14-12(10)5-2/h4,8H,1,5H2,2-3H3. The fourth-order valence-corrected chi connectivity index (χ4v) is 2.82. The highest BCUT2D eigenvalue weighted by atomic mass is 32.1. The minimum absolute atomic E-state index is 1.06. The molecule has 1 heteroatoms. The van der Waals surface area contributed by atoms with Crippen LogP contribution in [0.4, 0.5) is 0 Å². The zero-order valence-electron chi connectivity index (χ0n) is 8.48. The van der Waals surface area contributed by atoms with Crippen LogP contribution in [0.2, 0.25) is 0 Å². The lowest BCUT2D eigenvalue weighted by atomic mass is 10.1. The Kier molecular flexibility index (Phi) is 2.31. The van der Waals surface area contributed by atoms with Gasteiger partial charge in [0.2, 0.25) is 0 Å². The van der Waals surface area contributed by atoms with Crippen LogP contribution in [0.5, 0.6) is 0 Å². The Bertz CT molecular complexity index is 477. The van der Waals surface area contributed by atoms with E-state index in [-0.39, 0.29) is 0 Å². The molecule has 1 heterocycles. The van der Waals surface area contributed by atoms with Crippen molar-refractivity contribution in [1.82, 2.24) is 0 Å². The van der Waals surface area contributed by atoms with Gasteiger partial charge < -0.3 is 0 Å². The van der Waals surface area contributed by atoms with Gasteiger partial charge in [-0.15, -0.1) is 11.3 Å². The Morgan fingerprint density at radius 3 is 2.93 bits per heavy atom. The number of aryl methyl sites for hydroxylation is 2. The summed E-state index contributed by atoms with van der Waals surface area (Å²) < 4.78 is 1.30. The van der Waals surface area contributed by atoms with Crippen LogP contribution in [0.15, 0.2) is 12.6 Å². The zero-order valence-corrected chi connectivity index (χ0v) is 9.29. The first-order chi connectivity index (χ1) is 6.76. The van der Waals surface area contributed by atoms with Gasteiger partial charge in [-0.3, -0.25) is 0 Å². The van der Waals surface area contributed by atoms with Crippen LogP contribution in [0.1, 0.15) is 22.9 Å². The predicted molar refractivity (Wildman–Crippen MR) is 63.7 cm³/mol. The number of fused-ring (bicyclic) bond motifs is 1. The Hall–Kier alpha value is -1.26. The third-order valence-electron chi connectivity index (χ3n) is 2.31. The van der Waals surface area contributed by atoms with Crippen molar-refractivity contribution < 1.29 is 0 Å². The van der Waals surface area contributed by atoms with Crippen molar-refractivity contribution in [2.24, 2.45) is 0 Å². The van der Waals surface area contributed by atoms with Gasteiger partial charge in [0.15, 0.2) is 0 Å². The Morgan fingerprint density at radius 2 is 2.29 bits per heavy atom. The van der Waals surface area contributed by atoms with E-state index in [4.69, 9.17) is 0 Å². The van der Waals surface area contributed by atoms with E-state index in [1.54, 1.807) is 0 Å². The average Bonchev–Trinajstić information content (AvgIpc) is 2.54. The van der Waals surface area contributed by atoms with Crippen molar-refractivity contribution in [1.29, 1.82) is 0 Å². The largest absolute Gasteiger partial charge is 0.139 e. The molecule has 0 nitrogen and oxygen atoms in total. The van der Waals surface area contributed by atoms with Gasteiger partial charge in [-0.1, -0.05) is 31.7 Å². The average molecular weight is 200 g/mol. The minimum Gasteiger partial charge on any atom is -0.139 e. The highest BCUT2D eigenvalue weighted by Crippen LogP contribution is 2.31. The lowest BCUT2D eigenvalue weighted by molar-refractivity contribution is 1.18. The fourth-order valence-electron chi connectivity index (χ4n) is 1.61. The van der Waals surface area contributed by atoms with E-state index in [1.165, 1.54) is 20.5 Å². The molecule has 0 unspecified atom stereocenters. The summed E-state index contributed by atoms with van der Waals surface area (Å²) in [6, 6.07) is 8.50. The van der Waals surface area contributed by atoms with E-state index in [0.29, 0.717) is 0 Å².